The first kappa shape index (κ1) is 10.6. The lowest BCUT2D eigenvalue weighted by atomic mass is 10.2. The lowest BCUT2D eigenvalue weighted by Crippen LogP contribution is -2.42. The molecule has 0 aromatic carbocycles. The van der Waals surface area contributed by atoms with Crippen molar-refractivity contribution in [2.45, 2.75) is 32.9 Å². The van der Waals surface area contributed by atoms with Gasteiger partial charge in [-0.3, -0.25) is 9.69 Å². The highest BCUT2D eigenvalue weighted by molar-refractivity contribution is 5.80. The molecule has 0 saturated heterocycles. The van der Waals surface area contributed by atoms with Gasteiger partial charge in [-0.2, -0.15) is 0 Å². The van der Waals surface area contributed by atoms with Gasteiger partial charge < -0.3 is 5.11 Å². The van der Waals surface area contributed by atoms with Crippen LogP contribution in [0.25, 0.3) is 0 Å². The molecular weight excluding hydrogens is 142 g/mol. The molecule has 0 aromatic heterocycles. The largest absolute Gasteiger partial charge is 0.395 e. The zero-order chi connectivity index (χ0) is 9.02. The minimum Gasteiger partial charge on any atom is -0.395 e. The minimum absolute atomic E-state index is 0.0499. The summed E-state index contributed by atoms with van der Waals surface area (Å²) in [5.74, 6) is 0.132. The summed E-state index contributed by atoms with van der Waals surface area (Å²) in [5.41, 5.74) is 0. The summed E-state index contributed by atoms with van der Waals surface area (Å²) >= 11 is 0. The molecule has 3 nitrogen and oxygen atoms in total. The topological polar surface area (TPSA) is 40.5 Å². The Kier molecular flexibility index (Phi) is 4.30. The molecule has 66 valence electrons. The van der Waals surface area contributed by atoms with E-state index in [2.05, 4.69) is 0 Å². The molecule has 0 spiro atoms. The quantitative estimate of drug-likeness (QED) is 0.640. The van der Waals surface area contributed by atoms with Gasteiger partial charge in [0.1, 0.15) is 5.78 Å². The van der Waals surface area contributed by atoms with Crippen LogP contribution < -0.4 is 0 Å². The number of ketones is 1. The third-order valence-corrected chi connectivity index (χ3v) is 2.16. The third kappa shape index (κ3) is 2.99. The van der Waals surface area contributed by atoms with E-state index in [-0.39, 0.29) is 24.5 Å². The average Bonchev–Trinajstić information content (AvgIpc) is 2.00. The van der Waals surface area contributed by atoms with Gasteiger partial charge in [-0.25, -0.2) is 0 Å². The summed E-state index contributed by atoms with van der Waals surface area (Å²) in [6, 6.07) is -0.0500. The first-order valence-corrected chi connectivity index (χ1v) is 3.84. The van der Waals surface area contributed by atoms with Gasteiger partial charge in [0.05, 0.1) is 12.6 Å². The number of Topliss-reactive ketones (excluding diaryl/α,β-unsaturated/α-hetero) is 1. The highest BCUT2D eigenvalue weighted by atomic mass is 16.3. The zero-order valence-electron chi connectivity index (χ0n) is 7.66. The second-order valence-corrected chi connectivity index (χ2v) is 2.98. The van der Waals surface area contributed by atoms with E-state index in [0.717, 1.165) is 0 Å². The van der Waals surface area contributed by atoms with Gasteiger partial charge in [-0.1, -0.05) is 0 Å². The fourth-order valence-electron chi connectivity index (χ4n) is 0.797. The highest BCUT2D eigenvalue weighted by Gasteiger charge is 2.17. The number of carbonyl (C=O) groups excluding carboxylic acids is 1. The molecule has 1 N–H and O–H groups in total. The lowest BCUT2D eigenvalue weighted by Gasteiger charge is -2.27. The molecule has 0 aromatic rings. The van der Waals surface area contributed by atoms with Crippen molar-refractivity contribution < 1.29 is 9.90 Å². The molecule has 2 unspecified atom stereocenters. The Balaban J connectivity index is 4.00. The molecule has 0 rings (SSSR count). The molecule has 11 heavy (non-hydrogen) atoms. The van der Waals surface area contributed by atoms with Crippen LogP contribution in [-0.4, -0.2) is 41.5 Å². The molecule has 0 bridgehead atoms. The van der Waals surface area contributed by atoms with Crippen molar-refractivity contribution >= 4 is 5.78 Å². The Hall–Kier alpha value is -0.410. The lowest BCUT2D eigenvalue weighted by molar-refractivity contribution is -0.122. The molecule has 0 fully saturated rings. The van der Waals surface area contributed by atoms with Crippen LogP contribution in [-0.2, 0) is 4.79 Å². The number of carbonyl (C=O) groups is 1. The second kappa shape index (κ2) is 4.46. The molecule has 2 atom stereocenters. The van der Waals surface area contributed by atoms with E-state index in [1.807, 2.05) is 25.8 Å². The monoisotopic (exact) mass is 159 g/mol. The summed E-state index contributed by atoms with van der Waals surface area (Å²) in [6.45, 7) is 5.38. The van der Waals surface area contributed by atoms with Crippen LogP contribution in [0.3, 0.4) is 0 Å². The number of nitrogens with zero attached hydrogens (tertiary/aromatic N) is 1. The molecule has 0 heterocycles. The van der Waals surface area contributed by atoms with Gasteiger partial charge in [0.2, 0.25) is 0 Å². The Morgan fingerprint density at radius 2 is 2.00 bits per heavy atom. The van der Waals surface area contributed by atoms with Gasteiger partial charge in [-0.05, 0) is 27.8 Å². The van der Waals surface area contributed by atoms with Gasteiger partial charge in [0.15, 0.2) is 0 Å². The predicted octanol–water partition coefficient (Wildman–Crippen LogP) is 0.277. The molecule has 0 aliphatic rings. The summed E-state index contributed by atoms with van der Waals surface area (Å²) in [4.78, 5) is 12.7. The summed E-state index contributed by atoms with van der Waals surface area (Å²) in [6.07, 6.45) is 0. The Bertz CT molecular complexity index is 136. The van der Waals surface area contributed by atoms with Crippen LogP contribution in [0.4, 0.5) is 0 Å². The van der Waals surface area contributed by atoms with Crippen LogP contribution in [0.2, 0.25) is 0 Å². The maximum atomic E-state index is 10.9. The van der Waals surface area contributed by atoms with Crippen LogP contribution in [0.5, 0.6) is 0 Å². The van der Waals surface area contributed by atoms with Crippen molar-refractivity contribution in [2.24, 2.45) is 0 Å². The van der Waals surface area contributed by atoms with Crippen LogP contribution in [0.1, 0.15) is 20.8 Å². The molecule has 3 heteroatoms. The number of aliphatic hydroxyl groups excluding tert-OH is 1. The van der Waals surface area contributed by atoms with E-state index in [4.69, 9.17) is 5.11 Å². The normalized spacial score (nSPS) is 16.5. The first-order chi connectivity index (χ1) is 5.00. The van der Waals surface area contributed by atoms with Crippen molar-refractivity contribution in [3.05, 3.63) is 0 Å². The summed E-state index contributed by atoms with van der Waals surface area (Å²) in [7, 11) is 1.84. The van der Waals surface area contributed by atoms with E-state index < -0.39 is 0 Å². The molecule has 0 amide bonds. The fourth-order valence-corrected chi connectivity index (χ4v) is 0.797. The minimum atomic E-state index is -0.0999. The Labute approximate surface area is 68.0 Å². The predicted molar refractivity (Wildman–Crippen MR) is 44.5 cm³/mol. The van der Waals surface area contributed by atoms with Crippen molar-refractivity contribution in [3.63, 3.8) is 0 Å². The van der Waals surface area contributed by atoms with Crippen molar-refractivity contribution in [3.8, 4) is 0 Å². The Morgan fingerprint density at radius 3 is 2.27 bits per heavy atom. The summed E-state index contributed by atoms with van der Waals surface area (Å²) in [5, 5.41) is 8.78. The number of hydrogen-bond donors (Lipinski definition) is 1. The molecule has 0 aliphatic carbocycles. The number of hydrogen-bond acceptors (Lipinski definition) is 3. The average molecular weight is 159 g/mol. The molecule has 0 radical (unpaired) electrons. The van der Waals surface area contributed by atoms with Crippen molar-refractivity contribution in [1.82, 2.24) is 4.90 Å². The molecular formula is C8H17NO2. The van der Waals surface area contributed by atoms with Gasteiger partial charge in [0.25, 0.3) is 0 Å². The van der Waals surface area contributed by atoms with Crippen molar-refractivity contribution in [1.29, 1.82) is 0 Å². The molecule has 0 aliphatic heterocycles. The fraction of sp³-hybridized carbons (Fsp3) is 0.875. The maximum absolute atomic E-state index is 10.9. The van der Waals surface area contributed by atoms with Crippen LogP contribution >= 0.6 is 0 Å². The van der Waals surface area contributed by atoms with E-state index in [9.17, 15) is 4.79 Å². The second-order valence-electron chi connectivity index (χ2n) is 2.98. The maximum Gasteiger partial charge on any atom is 0.146 e. The number of aliphatic hydroxyl groups is 1. The van der Waals surface area contributed by atoms with E-state index in [0.29, 0.717) is 0 Å². The van der Waals surface area contributed by atoms with Gasteiger partial charge in [-0.15, -0.1) is 0 Å². The van der Waals surface area contributed by atoms with E-state index in [1.165, 1.54) is 0 Å². The van der Waals surface area contributed by atoms with Crippen LogP contribution in [0.15, 0.2) is 0 Å². The van der Waals surface area contributed by atoms with Crippen molar-refractivity contribution in [2.75, 3.05) is 13.7 Å². The number of likely N-dealkylation sites (N-methyl/N-ethyl adjacent to an activating group) is 1. The van der Waals surface area contributed by atoms with E-state index >= 15 is 0 Å². The first-order valence-electron chi connectivity index (χ1n) is 3.84. The van der Waals surface area contributed by atoms with Gasteiger partial charge in [0, 0.05) is 6.04 Å². The standard InChI is InChI=1S/C8H17NO2/c1-6(5-10)9(4)7(2)8(3)11/h6-7,10H,5H2,1-4H3. The zero-order valence-corrected chi connectivity index (χ0v) is 7.66. The third-order valence-electron chi connectivity index (χ3n) is 2.16. The van der Waals surface area contributed by atoms with Gasteiger partial charge >= 0.3 is 0 Å². The smallest absolute Gasteiger partial charge is 0.146 e. The SMILES string of the molecule is CC(=O)C(C)N(C)C(C)CO. The molecule has 0 saturated carbocycles. The van der Waals surface area contributed by atoms with Crippen LogP contribution in [0, 0.1) is 0 Å². The highest BCUT2D eigenvalue weighted by Crippen LogP contribution is 2.02. The Morgan fingerprint density at radius 1 is 1.55 bits per heavy atom. The van der Waals surface area contributed by atoms with E-state index in [1.54, 1.807) is 6.92 Å². The summed E-state index contributed by atoms with van der Waals surface area (Å²) < 4.78 is 0. The number of rotatable bonds is 4.